The Balaban J connectivity index is 4.56. The Kier molecular flexibility index (Phi) is 4.92. The molecule has 0 aromatic heterocycles. The number of nitrogens with zero attached hydrogens (tertiary/aromatic N) is 1. The van der Waals surface area contributed by atoms with Crippen LogP contribution in [0.3, 0.4) is 0 Å². The van der Waals surface area contributed by atoms with E-state index in [1.54, 1.807) is 13.8 Å². The second kappa shape index (κ2) is 5.01. The summed E-state index contributed by atoms with van der Waals surface area (Å²) in [6.07, 6.45) is -3.96. The Morgan fingerprint density at radius 2 is 1.50 bits per heavy atom. The minimum Gasteiger partial charge on any atom is -0.293 e. The fourth-order valence-corrected chi connectivity index (χ4v) is 1.34. The van der Waals surface area contributed by atoms with Crippen LogP contribution in [-0.2, 0) is 0 Å². The molecule has 0 rings (SSSR count). The normalized spacial score (nSPS) is 15.6. The third-order valence-corrected chi connectivity index (χ3v) is 2.38. The maximum absolute atomic E-state index is 12.6. The highest BCUT2D eigenvalue weighted by molar-refractivity contribution is 4.79. The molecule has 0 fully saturated rings. The van der Waals surface area contributed by atoms with Gasteiger partial charge in [0.1, 0.15) is 6.04 Å². The van der Waals surface area contributed by atoms with Gasteiger partial charge in [0.15, 0.2) is 0 Å². The van der Waals surface area contributed by atoms with Gasteiger partial charge in [0.05, 0.1) is 0 Å². The van der Waals surface area contributed by atoms with Crippen LogP contribution >= 0.6 is 0 Å². The zero-order chi connectivity index (χ0) is 11.5. The highest BCUT2D eigenvalue weighted by atomic mass is 19.4. The third kappa shape index (κ3) is 4.31. The van der Waals surface area contributed by atoms with E-state index < -0.39 is 12.2 Å². The molecule has 0 aromatic rings. The Morgan fingerprint density at radius 1 is 1.07 bits per heavy atom. The monoisotopic (exact) mass is 211 g/mol. The maximum atomic E-state index is 12.6. The summed E-state index contributed by atoms with van der Waals surface area (Å²) in [6.45, 7) is 7.18. The molecule has 0 amide bonds. The van der Waals surface area contributed by atoms with E-state index in [1.807, 2.05) is 13.8 Å². The molecule has 1 nitrogen and oxygen atoms in total. The second-order valence-corrected chi connectivity index (χ2v) is 4.45. The van der Waals surface area contributed by atoms with Crippen LogP contribution in [0.4, 0.5) is 13.2 Å². The molecule has 0 heterocycles. The van der Waals surface area contributed by atoms with E-state index in [-0.39, 0.29) is 18.4 Å². The molecule has 14 heavy (non-hydrogen) atoms. The molecule has 4 heteroatoms. The fraction of sp³-hybridized carbons (Fsp3) is 1.00. The predicted octanol–water partition coefficient (Wildman–Crippen LogP) is 3.30. The Labute approximate surface area is 84.3 Å². The van der Waals surface area contributed by atoms with Crippen LogP contribution in [-0.4, -0.2) is 30.2 Å². The van der Waals surface area contributed by atoms with Gasteiger partial charge in [-0.05, 0) is 33.2 Å². The summed E-state index contributed by atoms with van der Waals surface area (Å²) in [6, 6.07) is -1.40. The quantitative estimate of drug-likeness (QED) is 0.689. The van der Waals surface area contributed by atoms with Crippen molar-refractivity contribution in [2.24, 2.45) is 5.92 Å². The number of rotatable bonds is 4. The lowest BCUT2D eigenvalue weighted by molar-refractivity contribution is -0.188. The highest BCUT2D eigenvalue weighted by Crippen LogP contribution is 2.29. The maximum Gasteiger partial charge on any atom is 0.404 e. The van der Waals surface area contributed by atoms with Crippen molar-refractivity contribution in [1.82, 2.24) is 4.90 Å². The summed E-state index contributed by atoms with van der Waals surface area (Å²) >= 11 is 0. The van der Waals surface area contributed by atoms with Gasteiger partial charge in [0, 0.05) is 6.04 Å². The van der Waals surface area contributed by atoms with Gasteiger partial charge in [-0.3, -0.25) is 4.90 Å². The van der Waals surface area contributed by atoms with Gasteiger partial charge < -0.3 is 0 Å². The summed E-state index contributed by atoms with van der Waals surface area (Å²) in [4.78, 5) is 1.39. The summed E-state index contributed by atoms with van der Waals surface area (Å²) < 4.78 is 37.9. The molecular weight excluding hydrogens is 191 g/mol. The summed E-state index contributed by atoms with van der Waals surface area (Å²) in [7, 11) is 1.53. The zero-order valence-electron chi connectivity index (χ0n) is 9.52. The standard InChI is InChI=1S/C10H20F3N/c1-7(2)6-9(10(11,12)13)14(5)8(3)4/h7-9H,6H2,1-5H3/t9-/m0/s1. The minimum absolute atomic E-state index is 0.0582. The topological polar surface area (TPSA) is 3.24 Å². The number of hydrogen-bond donors (Lipinski definition) is 0. The molecule has 0 radical (unpaired) electrons. The van der Waals surface area contributed by atoms with Crippen molar-refractivity contribution in [2.45, 2.75) is 52.4 Å². The molecule has 0 N–H and O–H groups in total. The van der Waals surface area contributed by atoms with Crippen molar-refractivity contribution in [1.29, 1.82) is 0 Å². The van der Waals surface area contributed by atoms with E-state index in [0.29, 0.717) is 0 Å². The molecule has 0 aliphatic heterocycles. The van der Waals surface area contributed by atoms with Crippen LogP contribution in [0.15, 0.2) is 0 Å². The number of hydrogen-bond acceptors (Lipinski definition) is 1. The van der Waals surface area contributed by atoms with Gasteiger partial charge in [-0.25, -0.2) is 0 Å². The molecule has 0 unspecified atom stereocenters. The second-order valence-electron chi connectivity index (χ2n) is 4.45. The van der Waals surface area contributed by atoms with Crippen molar-refractivity contribution in [3.63, 3.8) is 0 Å². The van der Waals surface area contributed by atoms with E-state index in [1.165, 1.54) is 11.9 Å². The lowest BCUT2D eigenvalue weighted by Crippen LogP contribution is -2.47. The third-order valence-electron chi connectivity index (χ3n) is 2.38. The van der Waals surface area contributed by atoms with Crippen molar-refractivity contribution >= 4 is 0 Å². The molecule has 0 aliphatic carbocycles. The molecule has 0 saturated heterocycles. The molecule has 1 atom stereocenters. The van der Waals surface area contributed by atoms with Crippen LogP contribution in [0.2, 0.25) is 0 Å². The number of alkyl halides is 3. The predicted molar refractivity (Wildman–Crippen MR) is 52.2 cm³/mol. The van der Waals surface area contributed by atoms with E-state index in [9.17, 15) is 13.2 Å². The average molecular weight is 211 g/mol. The lowest BCUT2D eigenvalue weighted by atomic mass is 10.0. The van der Waals surface area contributed by atoms with Crippen LogP contribution in [0, 0.1) is 5.92 Å². The van der Waals surface area contributed by atoms with Gasteiger partial charge in [-0.2, -0.15) is 13.2 Å². The van der Waals surface area contributed by atoms with Gasteiger partial charge in [-0.1, -0.05) is 13.8 Å². The van der Waals surface area contributed by atoms with Gasteiger partial charge in [0.2, 0.25) is 0 Å². The van der Waals surface area contributed by atoms with Crippen molar-refractivity contribution < 1.29 is 13.2 Å². The van der Waals surface area contributed by atoms with Crippen molar-refractivity contribution in [3.05, 3.63) is 0 Å². The molecule has 86 valence electrons. The highest BCUT2D eigenvalue weighted by Gasteiger charge is 2.42. The Morgan fingerprint density at radius 3 is 1.71 bits per heavy atom. The van der Waals surface area contributed by atoms with E-state index in [2.05, 4.69) is 0 Å². The van der Waals surface area contributed by atoms with Gasteiger partial charge >= 0.3 is 6.18 Å². The van der Waals surface area contributed by atoms with E-state index in [0.717, 1.165) is 0 Å². The van der Waals surface area contributed by atoms with Crippen LogP contribution in [0.25, 0.3) is 0 Å². The first-order valence-corrected chi connectivity index (χ1v) is 4.95. The summed E-state index contributed by atoms with van der Waals surface area (Å²) in [5.41, 5.74) is 0. The molecule has 0 aliphatic rings. The molecular formula is C10H20F3N. The van der Waals surface area contributed by atoms with Crippen LogP contribution in [0.5, 0.6) is 0 Å². The Hall–Kier alpha value is -0.250. The largest absolute Gasteiger partial charge is 0.404 e. The average Bonchev–Trinajstić information content (AvgIpc) is 1.96. The van der Waals surface area contributed by atoms with Crippen LogP contribution in [0.1, 0.15) is 34.1 Å². The minimum atomic E-state index is -4.12. The summed E-state index contributed by atoms with van der Waals surface area (Å²) in [5.74, 6) is 0.0582. The van der Waals surface area contributed by atoms with E-state index in [4.69, 9.17) is 0 Å². The van der Waals surface area contributed by atoms with E-state index >= 15 is 0 Å². The first-order chi connectivity index (χ1) is 6.16. The smallest absolute Gasteiger partial charge is 0.293 e. The molecule has 0 aromatic carbocycles. The first kappa shape index (κ1) is 13.8. The van der Waals surface area contributed by atoms with Crippen molar-refractivity contribution in [2.75, 3.05) is 7.05 Å². The lowest BCUT2D eigenvalue weighted by Gasteiger charge is -2.33. The SMILES string of the molecule is CC(C)C[C@H](N(C)C(C)C)C(F)(F)F. The Bertz CT molecular complexity index is 163. The molecule has 0 saturated carbocycles. The van der Waals surface area contributed by atoms with Gasteiger partial charge in [0.25, 0.3) is 0 Å². The number of halogens is 3. The van der Waals surface area contributed by atoms with Crippen molar-refractivity contribution in [3.8, 4) is 0 Å². The summed E-state index contributed by atoms with van der Waals surface area (Å²) in [5, 5.41) is 0. The fourth-order valence-electron chi connectivity index (χ4n) is 1.34. The first-order valence-electron chi connectivity index (χ1n) is 4.95. The van der Waals surface area contributed by atoms with Crippen LogP contribution < -0.4 is 0 Å². The zero-order valence-corrected chi connectivity index (χ0v) is 9.52. The molecule has 0 spiro atoms. The van der Waals surface area contributed by atoms with Gasteiger partial charge in [-0.15, -0.1) is 0 Å². The molecule has 0 bridgehead atoms.